The first-order chi connectivity index (χ1) is 9.62. The molecule has 108 valence electrons. The molecule has 5 heteroatoms. The number of guanidine groups is 1. The summed E-state index contributed by atoms with van der Waals surface area (Å²) in [5.41, 5.74) is 1.41. The Bertz CT molecular complexity index is 510. The van der Waals surface area contributed by atoms with E-state index in [1.807, 2.05) is 38.1 Å². The molecule has 1 saturated heterocycles. The molecule has 0 aliphatic carbocycles. The third-order valence-corrected chi connectivity index (χ3v) is 3.59. The van der Waals surface area contributed by atoms with Crippen LogP contribution in [0.1, 0.15) is 24.5 Å². The number of rotatable bonds is 5. The number of nitrogens with zero attached hydrogens (tertiary/aromatic N) is 1. The van der Waals surface area contributed by atoms with Gasteiger partial charge in [0.2, 0.25) is 0 Å². The molecule has 0 spiro atoms. The van der Waals surface area contributed by atoms with E-state index in [0.717, 1.165) is 5.56 Å². The normalized spacial score (nSPS) is 23.8. The molecule has 1 unspecified atom stereocenters. The van der Waals surface area contributed by atoms with Crippen molar-refractivity contribution in [1.82, 2.24) is 10.6 Å². The molecule has 0 aromatic heterocycles. The molecule has 1 amide bonds. The zero-order valence-electron chi connectivity index (χ0n) is 12.2. The highest BCUT2D eigenvalue weighted by atomic mass is 16.5. The molecule has 1 atom stereocenters. The molecule has 20 heavy (non-hydrogen) atoms. The van der Waals surface area contributed by atoms with Crippen molar-refractivity contribution in [2.45, 2.75) is 25.8 Å². The summed E-state index contributed by atoms with van der Waals surface area (Å²) in [6.45, 7) is 5.07. The maximum Gasteiger partial charge on any atom is 0.257 e. The highest BCUT2D eigenvalue weighted by Crippen LogP contribution is 2.28. The van der Waals surface area contributed by atoms with Crippen LogP contribution >= 0.6 is 0 Å². The summed E-state index contributed by atoms with van der Waals surface area (Å²) in [5.74, 6) is 0.467. The van der Waals surface area contributed by atoms with Crippen molar-refractivity contribution in [1.29, 1.82) is 0 Å². The number of ether oxygens (including phenoxy) is 1. The number of aliphatic imine (C=N–C) groups is 1. The quantitative estimate of drug-likeness (QED) is 0.797. The van der Waals surface area contributed by atoms with E-state index >= 15 is 0 Å². The lowest BCUT2D eigenvalue weighted by atomic mass is 9.87. The second-order valence-corrected chi connectivity index (χ2v) is 4.93. The summed E-state index contributed by atoms with van der Waals surface area (Å²) in [4.78, 5) is 16.7. The van der Waals surface area contributed by atoms with Gasteiger partial charge in [-0.05, 0) is 18.9 Å². The number of benzene rings is 1. The van der Waals surface area contributed by atoms with Gasteiger partial charge < -0.3 is 10.1 Å². The SMILES string of the molecule is CCC1(c2ccc(C)cc2)NC(=NCCOC)NC1=O. The minimum Gasteiger partial charge on any atom is -0.383 e. The van der Waals surface area contributed by atoms with Crippen LogP contribution in [-0.4, -0.2) is 32.1 Å². The van der Waals surface area contributed by atoms with Crippen LogP contribution < -0.4 is 10.6 Å². The second-order valence-electron chi connectivity index (χ2n) is 4.93. The van der Waals surface area contributed by atoms with Crippen LogP contribution in [0.15, 0.2) is 29.3 Å². The fourth-order valence-corrected chi connectivity index (χ4v) is 2.33. The topological polar surface area (TPSA) is 62.7 Å². The molecular weight excluding hydrogens is 254 g/mol. The second kappa shape index (κ2) is 6.05. The summed E-state index contributed by atoms with van der Waals surface area (Å²) >= 11 is 0. The lowest BCUT2D eigenvalue weighted by Crippen LogP contribution is -2.43. The third-order valence-electron chi connectivity index (χ3n) is 3.59. The maximum atomic E-state index is 12.4. The van der Waals surface area contributed by atoms with Gasteiger partial charge in [-0.2, -0.15) is 0 Å². The molecule has 0 radical (unpaired) electrons. The van der Waals surface area contributed by atoms with Gasteiger partial charge in [-0.15, -0.1) is 0 Å². The predicted molar refractivity (Wildman–Crippen MR) is 78.6 cm³/mol. The van der Waals surface area contributed by atoms with E-state index in [0.29, 0.717) is 25.5 Å². The van der Waals surface area contributed by atoms with Gasteiger partial charge in [0.25, 0.3) is 5.91 Å². The van der Waals surface area contributed by atoms with Gasteiger partial charge in [0.05, 0.1) is 13.2 Å². The summed E-state index contributed by atoms with van der Waals surface area (Å²) < 4.78 is 4.96. The highest BCUT2D eigenvalue weighted by Gasteiger charge is 2.44. The number of carbonyl (C=O) groups is 1. The van der Waals surface area contributed by atoms with Crippen molar-refractivity contribution in [3.63, 3.8) is 0 Å². The molecule has 2 N–H and O–H groups in total. The Balaban J connectivity index is 2.25. The molecular formula is C15H21N3O2. The van der Waals surface area contributed by atoms with Gasteiger partial charge in [0.15, 0.2) is 5.96 Å². The van der Waals surface area contributed by atoms with Gasteiger partial charge in [0.1, 0.15) is 5.54 Å². The van der Waals surface area contributed by atoms with E-state index in [1.54, 1.807) is 7.11 Å². The van der Waals surface area contributed by atoms with Crippen molar-refractivity contribution < 1.29 is 9.53 Å². The minimum absolute atomic E-state index is 0.0555. The zero-order valence-corrected chi connectivity index (χ0v) is 12.2. The smallest absolute Gasteiger partial charge is 0.257 e. The molecule has 2 rings (SSSR count). The first-order valence-electron chi connectivity index (χ1n) is 6.82. The number of aryl methyl sites for hydroxylation is 1. The number of hydrogen-bond donors (Lipinski definition) is 2. The van der Waals surface area contributed by atoms with Gasteiger partial charge >= 0.3 is 0 Å². The van der Waals surface area contributed by atoms with Crippen LogP contribution in [0.25, 0.3) is 0 Å². The number of amides is 1. The molecule has 1 aromatic rings. The Morgan fingerprint density at radius 1 is 1.30 bits per heavy atom. The standard InChI is InChI=1S/C15H21N3O2/c1-4-15(12-7-5-11(2)6-8-12)13(19)17-14(18-15)16-9-10-20-3/h5-8H,4,9-10H2,1-3H3,(H2,16,17,18,19). The van der Waals surface area contributed by atoms with Crippen LogP contribution in [-0.2, 0) is 15.1 Å². The molecule has 1 heterocycles. The largest absolute Gasteiger partial charge is 0.383 e. The molecule has 1 fully saturated rings. The fraction of sp³-hybridized carbons (Fsp3) is 0.467. The minimum atomic E-state index is -0.723. The van der Waals surface area contributed by atoms with Crippen LogP contribution in [0.4, 0.5) is 0 Å². The zero-order chi connectivity index (χ0) is 14.6. The Morgan fingerprint density at radius 3 is 2.60 bits per heavy atom. The first-order valence-corrected chi connectivity index (χ1v) is 6.82. The van der Waals surface area contributed by atoms with Crippen molar-refractivity contribution in [3.05, 3.63) is 35.4 Å². The monoisotopic (exact) mass is 275 g/mol. The molecule has 1 aliphatic rings. The Kier molecular flexibility index (Phi) is 4.39. The summed E-state index contributed by atoms with van der Waals surface area (Å²) in [6.07, 6.45) is 0.658. The van der Waals surface area contributed by atoms with Gasteiger partial charge in [-0.25, -0.2) is 0 Å². The van der Waals surface area contributed by atoms with E-state index in [9.17, 15) is 4.79 Å². The molecule has 1 aliphatic heterocycles. The van der Waals surface area contributed by atoms with E-state index in [4.69, 9.17) is 4.74 Å². The maximum absolute atomic E-state index is 12.4. The van der Waals surface area contributed by atoms with Crippen molar-refractivity contribution >= 4 is 11.9 Å². The molecule has 0 saturated carbocycles. The van der Waals surface area contributed by atoms with Gasteiger partial charge in [-0.3, -0.25) is 15.1 Å². The lowest BCUT2D eigenvalue weighted by Gasteiger charge is -2.25. The summed E-state index contributed by atoms with van der Waals surface area (Å²) in [6, 6.07) is 8.01. The average Bonchev–Trinajstić information content (AvgIpc) is 2.77. The first kappa shape index (κ1) is 14.5. The molecule has 0 bridgehead atoms. The number of carbonyl (C=O) groups excluding carboxylic acids is 1. The Hall–Kier alpha value is -1.88. The lowest BCUT2D eigenvalue weighted by molar-refractivity contribution is -0.124. The van der Waals surface area contributed by atoms with E-state index in [-0.39, 0.29) is 5.91 Å². The predicted octanol–water partition coefficient (Wildman–Crippen LogP) is 1.32. The van der Waals surface area contributed by atoms with Gasteiger partial charge in [-0.1, -0.05) is 36.8 Å². The van der Waals surface area contributed by atoms with E-state index in [1.165, 1.54) is 5.56 Å². The van der Waals surface area contributed by atoms with Crippen molar-refractivity contribution in [2.24, 2.45) is 4.99 Å². The fourth-order valence-electron chi connectivity index (χ4n) is 2.33. The van der Waals surface area contributed by atoms with Crippen LogP contribution in [0.3, 0.4) is 0 Å². The van der Waals surface area contributed by atoms with Crippen LogP contribution in [0, 0.1) is 6.92 Å². The van der Waals surface area contributed by atoms with E-state index in [2.05, 4.69) is 15.6 Å². The summed E-state index contributed by atoms with van der Waals surface area (Å²) in [5, 5.41) is 6.04. The van der Waals surface area contributed by atoms with Crippen molar-refractivity contribution in [2.75, 3.05) is 20.3 Å². The third kappa shape index (κ3) is 2.67. The van der Waals surface area contributed by atoms with Crippen LogP contribution in [0.2, 0.25) is 0 Å². The number of hydrogen-bond acceptors (Lipinski definition) is 3. The molecule has 5 nitrogen and oxygen atoms in total. The average molecular weight is 275 g/mol. The van der Waals surface area contributed by atoms with Gasteiger partial charge in [0, 0.05) is 7.11 Å². The van der Waals surface area contributed by atoms with Crippen molar-refractivity contribution in [3.8, 4) is 0 Å². The number of methoxy groups -OCH3 is 1. The summed E-state index contributed by atoms with van der Waals surface area (Å²) in [7, 11) is 1.63. The Labute approximate surface area is 119 Å². The van der Waals surface area contributed by atoms with Crippen LogP contribution in [0.5, 0.6) is 0 Å². The molecule has 1 aromatic carbocycles. The highest BCUT2D eigenvalue weighted by molar-refractivity contribution is 6.09. The number of nitrogens with one attached hydrogen (secondary N) is 2. The Morgan fingerprint density at radius 2 is 2.00 bits per heavy atom. The van der Waals surface area contributed by atoms with E-state index < -0.39 is 5.54 Å².